The van der Waals surface area contributed by atoms with Crippen LogP contribution in [0.5, 0.6) is 5.75 Å². The summed E-state index contributed by atoms with van der Waals surface area (Å²) >= 11 is 0. The molecule has 4 heteroatoms. The fourth-order valence-corrected chi connectivity index (χ4v) is 2.12. The Morgan fingerprint density at radius 3 is 2.77 bits per heavy atom. The normalized spacial score (nSPS) is 10.2. The number of nitrogen functional groups attached to an aromatic ring is 1. The maximum atomic E-state index is 11.8. The number of carbonyl (C=O) groups is 1. The van der Waals surface area contributed by atoms with E-state index in [4.69, 9.17) is 10.5 Å². The SMILES string of the molecule is CCc1cccc(OCCCC(=O)Nc2cccc(N)c2)c1. The molecule has 22 heavy (non-hydrogen) atoms. The molecule has 0 saturated heterocycles. The van der Waals surface area contributed by atoms with Gasteiger partial charge in [-0.2, -0.15) is 0 Å². The zero-order chi connectivity index (χ0) is 15.8. The average Bonchev–Trinajstić information content (AvgIpc) is 2.52. The van der Waals surface area contributed by atoms with Crippen LogP contribution in [-0.2, 0) is 11.2 Å². The number of rotatable bonds is 7. The summed E-state index contributed by atoms with van der Waals surface area (Å²) in [6, 6.07) is 15.2. The molecule has 2 aromatic rings. The zero-order valence-corrected chi connectivity index (χ0v) is 12.8. The lowest BCUT2D eigenvalue weighted by atomic mass is 10.2. The van der Waals surface area contributed by atoms with Crippen molar-refractivity contribution in [3.63, 3.8) is 0 Å². The number of aryl methyl sites for hydroxylation is 1. The molecule has 0 aromatic heterocycles. The molecule has 2 aromatic carbocycles. The average molecular weight is 298 g/mol. The number of anilines is 2. The van der Waals surface area contributed by atoms with Gasteiger partial charge in [0.25, 0.3) is 0 Å². The van der Waals surface area contributed by atoms with Crippen LogP contribution >= 0.6 is 0 Å². The van der Waals surface area contributed by atoms with Crippen LogP contribution < -0.4 is 15.8 Å². The van der Waals surface area contributed by atoms with Crippen LogP contribution in [0.1, 0.15) is 25.3 Å². The van der Waals surface area contributed by atoms with E-state index in [9.17, 15) is 4.79 Å². The van der Waals surface area contributed by atoms with Gasteiger partial charge in [-0.15, -0.1) is 0 Å². The highest BCUT2D eigenvalue weighted by Gasteiger charge is 2.03. The summed E-state index contributed by atoms with van der Waals surface area (Å²) < 4.78 is 5.67. The van der Waals surface area contributed by atoms with Crippen molar-refractivity contribution in [3.05, 3.63) is 54.1 Å². The molecule has 0 unspecified atom stereocenters. The summed E-state index contributed by atoms with van der Waals surface area (Å²) in [5.41, 5.74) is 8.28. The first kappa shape index (κ1) is 15.9. The van der Waals surface area contributed by atoms with Gasteiger partial charge in [0.05, 0.1) is 6.61 Å². The summed E-state index contributed by atoms with van der Waals surface area (Å²) in [6.07, 6.45) is 2.08. The van der Waals surface area contributed by atoms with Gasteiger partial charge in [0.2, 0.25) is 5.91 Å². The number of nitrogens with one attached hydrogen (secondary N) is 1. The molecule has 1 amide bonds. The Labute approximate surface area is 131 Å². The molecule has 0 aliphatic heterocycles. The van der Waals surface area contributed by atoms with Gasteiger partial charge >= 0.3 is 0 Å². The molecule has 0 spiro atoms. The Kier molecular flexibility index (Phi) is 5.83. The van der Waals surface area contributed by atoms with Crippen LogP contribution in [-0.4, -0.2) is 12.5 Å². The molecule has 0 atom stereocenters. The van der Waals surface area contributed by atoms with Gasteiger partial charge in [0.15, 0.2) is 0 Å². The van der Waals surface area contributed by atoms with Gasteiger partial charge in [-0.1, -0.05) is 25.1 Å². The standard InChI is InChI=1S/C18H22N2O2/c1-2-14-6-3-9-17(12-14)22-11-5-10-18(21)20-16-8-4-7-15(19)13-16/h3-4,6-9,12-13H,2,5,10-11,19H2,1H3,(H,20,21). The molecule has 0 aliphatic rings. The maximum Gasteiger partial charge on any atom is 0.224 e. The van der Waals surface area contributed by atoms with E-state index >= 15 is 0 Å². The van der Waals surface area contributed by atoms with Gasteiger partial charge in [-0.25, -0.2) is 0 Å². The molecule has 0 saturated carbocycles. The van der Waals surface area contributed by atoms with Gasteiger partial charge in [0.1, 0.15) is 5.75 Å². The van der Waals surface area contributed by atoms with E-state index < -0.39 is 0 Å². The number of hydrogen-bond acceptors (Lipinski definition) is 3. The van der Waals surface area contributed by atoms with Crippen molar-refractivity contribution in [2.24, 2.45) is 0 Å². The third kappa shape index (κ3) is 5.13. The second kappa shape index (κ2) is 8.08. The molecule has 0 heterocycles. The summed E-state index contributed by atoms with van der Waals surface area (Å²) in [5.74, 6) is 0.826. The van der Waals surface area contributed by atoms with Crippen molar-refractivity contribution in [2.75, 3.05) is 17.7 Å². The van der Waals surface area contributed by atoms with Crippen LogP contribution in [0.2, 0.25) is 0 Å². The highest BCUT2D eigenvalue weighted by molar-refractivity contribution is 5.91. The molecule has 0 fully saturated rings. The van der Waals surface area contributed by atoms with Crippen molar-refractivity contribution in [1.29, 1.82) is 0 Å². The quantitative estimate of drug-likeness (QED) is 0.606. The smallest absolute Gasteiger partial charge is 0.224 e. The predicted molar refractivity (Wildman–Crippen MR) is 90.0 cm³/mol. The van der Waals surface area contributed by atoms with Crippen LogP contribution in [0.15, 0.2) is 48.5 Å². The van der Waals surface area contributed by atoms with E-state index in [-0.39, 0.29) is 5.91 Å². The number of carbonyl (C=O) groups excluding carboxylic acids is 1. The Morgan fingerprint density at radius 1 is 1.18 bits per heavy atom. The van der Waals surface area contributed by atoms with Crippen molar-refractivity contribution < 1.29 is 9.53 Å². The van der Waals surface area contributed by atoms with Gasteiger partial charge < -0.3 is 15.8 Å². The summed E-state index contributed by atoms with van der Waals surface area (Å²) in [6.45, 7) is 2.64. The highest BCUT2D eigenvalue weighted by Crippen LogP contribution is 2.15. The Hall–Kier alpha value is -2.49. The maximum absolute atomic E-state index is 11.8. The third-order valence-corrected chi connectivity index (χ3v) is 3.29. The molecule has 0 aliphatic carbocycles. The predicted octanol–water partition coefficient (Wildman–Crippen LogP) is 3.63. The second-order valence-electron chi connectivity index (χ2n) is 5.13. The molecular formula is C18H22N2O2. The number of benzene rings is 2. The van der Waals surface area contributed by atoms with E-state index in [1.165, 1.54) is 5.56 Å². The van der Waals surface area contributed by atoms with Gasteiger partial charge in [0, 0.05) is 17.8 Å². The topological polar surface area (TPSA) is 64.3 Å². The minimum absolute atomic E-state index is 0.0310. The largest absolute Gasteiger partial charge is 0.494 e. The molecule has 4 nitrogen and oxygen atoms in total. The van der Waals surface area contributed by atoms with E-state index in [0.29, 0.717) is 25.1 Å². The molecular weight excluding hydrogens is 276 g/mol. The minimum Gasteiger partial charge on any atom is -0.494 e. The van der Waals surface area contributed by atoms with Crippen LogP contribution in [0.25, 0.3) is 0 Å². The summed E-state index contributed by atoms with van der Waals surface area (Å²) in [7, 11) is 0. The number of amides is 1. The second-order valence-corrected chi connectivity index (χ2v) is 5.13. The van der Waals surface area contributed by atoms with E-state index in [2.05, 4.69) is 18.3 Å². The fourth-order valence-electron chi connectivity index (χ4n) is 2.12. The molecule has 2 rings (SSSR count). The number of hydrogen-bond donors (Lipinski definition) is 2. The van der Waals surface area contributed by atoms with Crippen molar-refractivity contribution >= 4 is 17.3 Å². The van der Waals surface area contributed by atoms with E-state index in [0.717, 1.165) is 17.9 Å². The Bertz CT molecular complexity index is 626. The minimum atomic E-state index is -0.0310. The number of ether oxygens (including phenoxy) is 1. The van der Waals surface area contributed by atoms with Crippen LogP contribution in [0, 0.1) is 0 Å². The lowest BCUT2D eigenvalue weighted by molar-refractivity contribution is -0.116. The Morgan fingerprint density at radius 2 is 2.00 bits per heavy atom. The highest BCUT2D eigenvalue weighted by atomic mass is 16.5. The van der Waals surface area contributed by atoms with Crippen molar-refractivity contribution in [1.82, 2.24) is 0 Å². The fraction of sp³-hybridized carbons (Fsp3) is 0.278. The van der Waals surface area contributed by atoms with E-state index in [1.807, 2.05) is 30.3 Å². The lowest BCUT2D eigenvalue weighted by Gasteiger charge is -2.08. The lowest BCUT2D eigenvalue weighted by Crippen LogP contribution is -2.13. The first-order valence-electron chi connectivity index (χ1n) is 7.54. The zero-order valence-electron chi connectivity index (χ0n) is 12.8. The summed E-state index contributed by atoms with van der Waals surface area (Å²) in [4.78, 5) is 11.8. The monoisotopic (exact) mass is 298 g/mol. The van der Waals surface area contributed by atoms with Crippen molar-refractivity contribution in [2.45, 2.75) is 26.2 Å². The number of nitrogens with two attached hydrogens (primary N) is 1. The van der Waals surface area contributed by atoms with E-state index in [1.54, 1.807) is 12.1 Å². The van der Waals surface area contributed by atoms with Crippen LogP contribution in [0.3, 0.4) is 0 Å². The van der Waals surface area contributed by atoms with Gasteiger partial charge in [-0.05, 0) is 48.7 Å². The van der Waals surface area contributed by atoms with Crippen LogP contribution in [0.4, 0.5) is 11.4 Å². The summed E-state index contributed by atoms with van der Waals surface area (Å²) in [5, 5.41) is 2.83. The Balaban J connectivity index is 1.70. The molecule has 3 N–H and O–H groups in total. The van der Waals surface area contributed by atoms with Crippen molar-refractivity contribution in [3.8, 4) is 5.75 Å². The van der Waals surface area contributed by atoms with Gasteiger partial charge in [-0.3, -0.25) is 4.79 Å². The molecule has 0 radical (unpaired) electrons. The molecule has 0 bridgehead atoms. The third-order valence-electron chi connectivity index (χ3n) is 3.29. The first-order chi connectivity index (χ1) is 10.7. The molecule has 116 valence electrons. The first-order valence-corrected chi connectivity index (χ1v) is 7.54.